The molecule has 3 rings (SSSR count). The van der Waals surface area contributed by atoms with Gasteiger partial charge in [-0.2, -0.15) is 5.10 Å². The lowest BCUT2D eigenvalue weighted by molar-refractivity contribution is 0.305. The Morgan fingerprint density at radius 1 is 1.17 bits per heavy atom. The quantitative estimate of drug-likeness (QED) is 0.638. The Hall–Kier alpha value is -2.18. The highest BCUT2D eigenvalue weighted by Gasteiger charge is 2.03. The Morgan fingerprint density at radius 3 is 2.75 bits per heavy atom. The standard InChI is InChI=1S/C18H22N4OS/c1-14-3-5-17(6-4-14)23-12-18-21-16(13-24-18)10-19-7-8-22-11-15(2)9-20-22/h3-6,9,11,13,19H,7-8,10,12H2,1-2H3. The summed E-state index contributed by atoms with van der Waals surface area (Å²) in [6.07, 6.45) is 3.92. The largest absolute Gasteiger partial charge is 0.486 e. The lowest BCUT2D eigenvalue weighted by Crippen LogP contribution is -2.20. The van der Waals surface area contributed by atoms with E-state index in [1.54, 1.807) is 11.3 Å². The average molecular weight is 342 g/mol. The Morgan fingerprint density at radius 2 is 2.00 bits per heavy atom. The molecule has 3 aromatic rings. The molecule has 0 saturated heterocycles. The molecule has 1 aromatic carbocycles. The molecule has 1 N–H and O–H groups in total. The monoisotopic (exact) mass is 342 g/mol. The van der Waals surface area contributed by atoms with Crippen LogP contribution in [0.3, 0.4) is 0 Å². The van der Waals surface area contributed by atoms with Crippen LogP contribution in [0.15, 0.2) is 42.0 Å². The zero-order valence-corrected chi connectivity index (χ0v) is 14.8. The Labute approximate surface area is 146 Å². The van der Waals surface area contributed by atoms with E-state index in [0.717, 1.165) is 36.1 Å². The topological polar surface area (TPSA) is 52.0 Å². The van der Waals surface area contributed by atoms with E-state index in [4.69, 9.17) is 4.74 Å². The van der Waals surface area contributed by atoms with Crippen molar-refractivity contribution in [2.75, 3.05) is 6.54 Å². The Kier molecular flexibility index (Phi) is 5.61. The van der Waals surface area contributed by atoms with Crippen LogP contribution in [0.4, 0.5) is 0 Å². The fourth-order valence-corrected chi connectivity index (χ4v) is 2.98. The highest BCUT2D eigenvalue weighted by molar-refractivity contribution is 7.09. The van der Waals surface area contributed by atoms with Gasteiger partial charge in [0.2, 0.25) is 0 Å². The number of benzene rings is 1. The minimum Gasteiger partial charge on any atom is -0.486 e. The normalized spacial score (nSPS) is 10.9. The smallest absolute Gasteiger partial charge is 0.140 e. The maximum Gasteiger partial charge on any atom is 0.140 e. The predicted molar refractivity (Wildman–Crippen MR) is 96.3 cm³/mol. The second-order valence-electron chi connectivity index (χ2n) is 5.79. The van der Waals surface area contributed by atoms with Crippen molar-refractivity contribution in [3.05, 3.63) is 63.9 Å². The third kappa shape index (κ3) is 4.91. The van der Waals surface area contributed by atoms with Crippen LogP contribution in [0.2, 0.25) is 0 Å². The Balaban J connectivity index is 1.39. The lowest BCUT2D eigenvalue weighted by Gasteiger charge is -2.04. The third-order valence-corrected chi connectivity index (χ3v) is 4.44. The molecule has 0 spiro atoms. The number of ether oxygens (including phenoxy) is 1. The van der Waals surface area contributed by atoms with Crippen molar-refractivity contribution >= 4 is 11.3 Å². The lowest BCUT2D eigenvalue weighted by atomic mass is 10.2. The molecule has 0 amide bonds. The Bertz CT molecular complexity index is 763. The third-order valence-electron chi connectivity index (χ3n) is 3.57. The van der Waals surface area contributed by atoms with Gasteiger partial charge in [-0.1, -0.05) is 17.7 Å². The zero-order valence-electron chi connectivity index (χ0n) is 14.0. The molecule has 0 saturated carbocycles. The molecule has 5 nitrogen and oxygen atoms in total. The van der Waals surface area contributed by atoms with Gasteiger partial charge in [0.15, 0.2) is 0 Å². The van der Waals surface area contributed by atoms with Gasteiger partial charge in [0.1, 0.15) is 17.4 Å². The summed E-state index contributed by atoms with van der Waals surface area (Å²) in [5.41, 5.74) is 3.47. The molecule has 0 radical (unpaired) electrons. The minimum atomic E-state index is 0.514. The molecular weight excluding hydrogens is 320 g/mol. The van der Waals surface area contributed by atoms with Gasteiger partial charge in [-0.3, -0.25) is 4.68 Å². The van der Waals surface area contributed by atoms with Crippen molar-refractivity contribution in [1.29, 1.82) is 0 Å². The molecule has 2 heterocycles. The first kappa shape index (κ1) is 16.7. The van der Waals surface area contributed by atoms with Crippen LogP contribution >= 0.6 is 11.3 Å². The summed E-state index contributed by atoms with van der Waals surface area (Å²) in [6, 6.07) is 8.08. The van der Waals surface area contributed by atoms with Gasteiger partial charge in [0, 0.05) is 24.7 Å². The van der Waals surface area contributed by atoms with Gasteiger partial charge in [-0.25, -0.2) is 4.98 Å². The molecular formula is C18H22N4OS. The maximum absolute atomic E-state index is 5.76. The predicted octanol–water partition coefficient (Wildman–Crippen LogP) is 3.33. The number of nitrogens with zero attached hydrogens (tertiary/aromatic N) is 3. The summed E-state index contributed by atoms with van der Waals surface area (Å²) in [4.78, 5) is 4.60. The van der Waals surface area contributed by atoms with Crippen LogP contribution in [0, 0.1) is 13.8 Å². The summed E-state index contributed by atoms with van der Waals surface area (Å²) in [6.45, 7) is 7.13. The van der Waals surface area contributed by atoms with E-state index < -0.39 is 0 Å². The van der Waals surface area contributed by atoms with Gasteiger partial charge >= 0.3 is 0 Å². The number of aromatic nitrogens is 3. The zero-order chi connectivity index (χ0) is 16.8. The van der Waals surface area contributed by atoms with E-state index in [-0.39, 0.29) is 0 Å². The van der Waals surface area contributed by atoms with Crippen LogP contribution in [0.5, 0.6) is 5.75 Å². The average Bonchev–Trinajstić information content (AvgIpc) is 3.20. The van der Waals surface area contributed by atoms with Crippen LogP contribution < -0.4 is 10.1 Å². The van der Waals surface area contributed by atoms with Gasteiger partial charge in [-0.15, -0.1) is 11.3 Å². The van der Waals surface area contributed by atoms with Gasteiger partial charge in [-0.05, 0) is 31.5 Å². The van der Waals surface area contributed by atoms with Crippen LogP contribution in [0.1, 0.15) is 21.8 Å². The van der Waals surface area contributed by atoms with Crippen LogP contribution in [0.25, 0.3) is 0 Å². The summed E-state index contributed by atoms with van der Waals surface area (Å²) in [5, 5.41) is 10.7. The number of hydrogen-bond donors (Lipinski definition) is 1. The first-order valence-corrected chi connectivity index (χ1v) is 8.89. The first-order valence-electron chi connectivity index (χ1n) is 8.01. The summed E-state index contributed by atoms with van der Waals surface area (Å²) < 4.78 is 7.71. The second kappa shape index (κ2) is 8.08. The number of hydrogen-bond acceptors (Lipinski definition) is 5. The van der Waals surface area contributed by atoms with E-state index in [9.17, 15) is 0 Å². The number of aryl methyl sites for hydroxylation is 2. The fourth-order valence-electron chi connectivity index (χ4n) is 2.28. The molecule has 6 heteroatoms. The molecule has 2 aromatic heterocycles. The highest BCUT2D eigenvalue weighted by atomic mass is 32.1. The maximum atomic E-state index is 5.76. The summed E-state index contributed by atoms with van der Waals surface area (Å²) in [7, 11) is 0. The number of thiazole rings is 1. The molecule has 0 aliphatic heterocycles. The van der Waals surface area contributed by atoms with E-state index in [1.807, 2.05) is 48.3 Å². The van der Waals surface area contributed by atoms with Gasteiger partial charge in [0.05, 0.1) is 18.4 Å². The molecule has 0 atom stereocenters. The van der Waals surface area contributed by atoms with Crippen LogP contribution in [-0.4, -0.2) is 21.3 Å². The molecule has 126 valence electrons. The van der Waals surface area contributed by atoms with Gasteiger partial charge in [0.25, 0.3) is 0 Å². The molecule has 0 bridgehead atoms. The fraction of sp³-hybridized carbons (Fsp3) is 0.333. The molecule has 0 aliphatic carbocycles. The van der Waals surface area contributed by atoms with Crippen molar-refractivity contribution < 1.29 is 4.74 Å². The van der Waals surface area contributed by atoms with Crippen molar-refractivity contribution in [2.24, 2.45) is 0 Å². The number of rotatable bonds is 8. The SMILES string of the molecule is Cc1ccc(OCc2nc(CNCCn3cc(C)cn3)cs2)cc1. The van der Waals surface area contributed by atoms with Crippen molar-refractivity contribution in [3.63, 3.8) is 0 Å². The van der Waals surface area contributed by atoms with Crippen molar-refractivity contribution in [3.8, 4) is 5.75 Å². The molecule has 24 heavy (non-hydrogen) atoms. The highest BCUT2D eigenvalue weighted by Crippen LogP contribution is 2.16. The van der Waals surface area contributed by atoms with E-state index >= 15 is 0 Å². The van der Waals surface area contributed by atoms with Crippen LogP contribution in [-0.2, 0) is 19.7 Å². The minimum absolute atomic E-state index is 0.514. The summed E-state index contributed by atoms with van der Waals surface area (Å²) >= 11 is 1.64. The molecule has 0 fully saturated rings. The van der Waals surface area contributed by atoms with Gasteiger partial charge < -0.3 is 10.1 Å². The van der Waals surface area contributed by atoms with Crippen molar-refractivity contribution in [1.82, 2.24) is 20.1 Å². The van der Waals surface area contributed by atoms with E-state index in [0.29, 0.717) is 6.61 Å². The summed E-state index contributed by atoms with van der Waals surface area (Å²) in [5.74, 6) is 0.880. The first-order chi connectivity index (χ1) is 11.7. The van der Waals surface area contributed by atoms with Crippen molar-refractivity contribution in [2.45, 2.75) is 33.5 Å². The number of nitrogens with one attached hydrogen (secondary N) is 1. The van der Waals surface area contributed by atoms with E-state index in [2.05, 4.69) is 27.7 Å². The van der Waals surface area contributed by atoms with E-state index in [1.165, 1.54) is 11.1 Å². The molecule has 0 aliphatic rings. The second-order valence-corrected chi connectivity index (χ2v) is 6.73. The molecule has 0 unspecified atom stereocenters.